The van der Waals surface area contributed by atoms with Crippen molar-refractivity contribution in [3.63, 3.8) is 0 Å². The van der Waals surface area contributed by atoms with Gasteiger partial charge in [-0.2, -0.15) is 10.5 Å². The van der Waals surface area contributed by atoms with Gasteiger partial charge in [0.1, 0.15) is 23.3 Å². The molecule has 0 unspecified atom stereocenters. The molecule has 0 aliphatic carbocycles. The first-order chi connectivity index (χ1) is 12.6. The van der Waals surface area contributed by atoms with Crippen LogP contribution in [0.4, 0.5) is 13.2 Å². The van der Waals surface area contributed by atoms with Crippen molar-refractivity contribution in [3.05, 3.63) is 28.6 Å². The number of benzene rings is 1. The first kappa shape index (κ1) is 21.8. The Morgan fingerprint density at radius 2 is 1.15 bits per heavy atom. The number of unbranched alkanes of at least 4 members (excludes halogenated alkanes) is 9. The van der Waals surface area contributed by atoms with E-state index < -0.39 is 34.3 Å². The summed E-state index contributed by atoms with van der Waals surface area (Å²) >= 11 is 0. The van der Waals surface area contributed by atoms with E-state index in [1.54, 1.807) is 0 Å². The molecule has 0 radical (unpaired) electrons. The fourth-order valence-electron chi connectivity index (χ4n) is 2.74. The second-order valence-corrected chi connectivity index (χ2v) is 6.28. The van der Waals surface area contributed by atoms with E-state index in [0.717, 1.165) is 19.3 Å². The lowest BCUT2D eigenvalue weighted by atomic mass is 10.1. The Kier molecular flexibility index (Phi) is 10.2. The maximum absolute atomic E-state index is 14.1. The Balaban J connectivity index is 2.39. The Labute approximate surface area is 153 Å². The number of nitriles is 2. The lowest BCUT2D eigenvalue weighted by molar-refractivity contribution is 0.284. The van der Waals surface area contributed by atoms with Gasteiger partial charge >= 0.3 is 0 Å². The van der Waals surface area contributed by atoms with Crippen molar-refractivity contribution in [1.29, 1.82) is 10.5 Å². The van der Waals surface area contributed by atoms with E-state index in [-0.39, 0.29) is 6.61 Å². The molecule has 0 fully saturated rings. The van der Waals surface area contributed by atoms with Crippen molar-refractivity contribution in [3.8, 4) is 17.9 Å². The van der Waals surface area contributed by atoms with Crippen molar-refractivity contribution in [2.75, 3.05) is 6.61 Å². The summed E-state index contributed by atoms with van der Waals surface area (Å²) in [5.74, 6) is -5.22. The van der Waals surface area contributed by atoms with Crippen LogP contribution in [0.5, 0.6) is 5.75 Å². The summed E-state index contributed by atoms with van der Waals surface area (Å²) in [5, 5.41) is 17.6. The first-order valence-corrected chi connectivity index (χ1v) is 9.21. The predicted molar refractivity (Wildman–Crippen MR) is 93.1 cm³/mol. The highest BCUT2D eigenvalue weighted by Gasteiger charge is 2.26. The highest BCUT2D eigenvalue weighted by Crippen LogP contribution is 2.30. The van der Waals surface area contributed by atoms with Crippen LogP contribution < -0.4 is 4.74 Å². The van der Waals surface area contributed by atoms with Crippen LogP contribution in [0.25, 0.3) is 0 Å². The maximum atomic E-state index is 14.1. The minimum atomic E-state index is -1.66. The van der Waals surface area contributed by atoms with Gasteiger partial charge in [-0.15, -0.1) is 0 Å². The fourth-order valence-corrected chi connectivity index (χ4v) is 2.74. The molecule has 0 saturated carbocycles. The van der Waals surface area contributed by atoms with E-state index in [0.29, 0.717) is 6.42 Å². The van der Waals surface area contributed by atoms with Gasteiger partial charge in [0.15, 0.2) is 23.2 Å². The molecular formula is C20H25F3N2O. The van der Waals surface area contributed by atoms with Crippen LogP contribution in [-0.4, -0.2) is 6.61 Å². The van der Waals surface area contributed by atoms with Gasteiger partial charge in [0.2, 0.25) is 0 Å². The van der Waals surface area contributed by atoms with Gasteiger partial charge in [-0.3, -0.25) is 0 Å². The van der Waals surface area contributed by atoms with Crippen LogP contribution >= 0.6 is 0 Å². The molecule has 0 aliphatic rings. The van der Waals surface area contributed by atoms with E-state index in [4.69, 9.17) is 15.3 Å². The van der Waals surface area contributed by atoms with Crippen LogP contribution in [0.1, 0.15) is 82.3 Å². The number of nitrogens with zero attached hydrogens (tertiary/aromatic N) is 2. The molecule has 6 heteroatoms. The lowest BCUT2D eigenvalue weighted by Crippen LogP contribution is -2.07. The van der Waals surface area contributed by atoms with Gasteiger partial charge in [0, 0.05) is 0 Å². The standard InChI is InChI=1S/C20H25F3N2O/c1-2-3-4-5-6-7-8-9-10-11-12-26-20-16(14-25)18(22)17(21)15(13-24)19(20)23/h2-12H2,1H3. The summed E-state index contributed by atoms with van der Waals surface area (Å²) in [4.78, 5) is 0. The molecule has 0 bridgehead atoms. The third-order valence-corrected chi connectivity index (χ3v) is 4.25. The van der Waals surface area contributed by atoms with E-state index in [2.05, 4.69) is 6.92 Å². The molecule has 1 rings (SSSR count). The minimum Gasteiger partial charge on any atom is -0.489 e. The van der Waals surface area contributed by atoms with E-state index >= 15 is 0 Å². The van der Waals surface area contributed by atoms with Crippen LogP contribution in [0.3, 0.4) is 0 Å². The second kappa shape index (κ2) is 12.2. The van der Waals surface area contributed by atoms with Crippen molar-refractivity contribution in [1.82, 2.24) is 0 Å². The molecule has 0 aromatic heterocycles. The normalized spacial score (nSPS) is 10.4. The number of ether oxygens (including phenoxy) is 1. The maximum Gasteiger partial charge on any atom is 0.187 e. The third kappa shape index (κ3) is 6.26. The SMILES string of the molecule is CCCCCCCCCCCCOc1c(F)c(C#N)c(F)c(F)c1C#N. The molecule has 0 spiro atoms. The average Bonchev–Trinajstić information content (AvgIpc) is 2.64. The molecule has 142 valence electrons. The monoisotopic (exact) mass is 366 g/mol. The molecule has 26 heavy (non-hydrogen) atoms. The first-order valence-electron chi connectivity index (χ1n) is 9.21. The average molecular weight is 366 g/mol. The molecule has 1 aromatic rings. The molecule has 0 N–H and O–H groups in total. The van der Waals surface area contributed by atoms with Gasteiger partial charge < -0.3 is 4.74 Å². The molecule has 1 aromatic carbocycles. The number of halogens is 3. The molecule has 0 aliphatic heterocycles. The molecule has 0 amide bonds. The highest BCUT2D eigenvalue weighted by atomic mass is 19.2. The molecular weight excluding hydrogens is 341 g/mol. The Morgan fingerprint density at radius 1 is 0.692 bits per heavy atom. The van der Waals surface area contributed by atoms with Crippen molar-refractivity contribution < 1.29 is 17.9 Å². The molecule has 3 nitrogen and oxygen atoms in total. The minimum absolute atomic E-state index is 0.0814. The number of rotatable bonds is 12. The Bertz CT molecular complexity index is 663. The van der Waals surface area contributed by atoms with E-state index in [1.807, 2.05) is 0 Å². The molecule has 0 heterocycles. The van der Waals surface area contributed by atoms with Gasteiger partial charge in [-0.1, -0.05) is 64.7 Å². The molecule has 0 atom stereocenters. The quantitative estimate of drug-likeness (QED) is 0.329. The topological polar surface area (TPSA) is 56.8 Å². The summed E-state index contributed by atoms with van der Waals surface area (Å²) in [6.07, 6.45) is 11.1. The second-order valence-electron chi connectivity index (χ2n) is 6.28. The van der Waals surface area contributed by atoms with Gasteiger partial charge in [0.25, 0.3) is 0 Å². The largest absolute Gasteiger partial charge is 0.489 e. The summed E-state index contributed by atoms with van der Waals surface area (Å²) in [5.41, 5.74) is -1.91. The zero-order chi connectivity index (χ0) is 19.4. The van der Waals surface area contributed by atoms with Crippen LogP contribution in [-0.2, 0) is 0 Å². The van der Waals surface area contributed by atoms with E-state index in [1.165, 1.54) is 50.7 Å². The summed E-state index contributed by atoms with van der Waals surface area (Å²) in [6.45, 7) is 2.27. The predicted octanol–water partition coefficient (Wildman–Crippen LogP) is 6.15. The van der Waals surface area contributed by atoms with E-state index in [9.17, 15) is 13.2 Å². The summed E-state index contributed by atoms with van der Waals surface area (Å²) in [7, 11) is 0. The number of hydrogen-bond donors (Lipinski definition) is 0. The van der Waals surface area contributed by atoms with Gasteiger partial charge in [0.05, 0.1) is 6.61 Å². The molecule has 0 saturated heterocycles. The smallest absolute Gasteiger partial charge is 0.187 e. The Hall–Kier alpha value is -2.21. The van der Waals surface area contributed by atoms with Crippen LogP contribution in [0.15, 0.2) is 0 Å². The Morgan fingerprint density at radius 3 is 1.65 bits per heavy atom. The van der Waals surface area contributed by atoms with Crippen molar-refractivity contribution in [2.24, 2.45) is 0 Å². The number of hydrogen-bond acceptors (Lipinski definition) is 3. The van der Waals surface area contributed by atoms with Crippen molar-refractivity contribution >= 4 is 0 Å². The van der Waals surface area contributed by atoms with Crippen molar-refractivity contribution in [2.45, 2.75) is 71.1 Å². The van der Waals surface area contributed by atoms with Crippen LogP contribution in [0.2, 0.25) is 0 Å². The summed E-state index contributed by atoms with van der Waals surface area (Å²) < 4.78 is 46.4. The van der Waals surface area contributed by atoms with Gasteiger partial charge in [-0.25, -0.2) is 13.2 Å². The lowest BCUT2D eigenvalue weighted by Gasteiger charge is -2.11. The van der Waals surface area contributed by atoms with Gasteiger partial charge in [-0.05, 0) is 6.42 Å². The zero-order valence-corrected chi connectivity index (χ0v) is 15.2. The summed E-state index contributed by atoms with van der Waals surface area (Å²) in [6, 6.07) is 2.66. The third-order valence-electron chi connectivity index (χ3n) is 4.25. The van der Waals surface area contributed by atoms with Crippen LogP contribution in [0, 0.1) is 40.1 Å². The fraction of sp³-hybridized carbons (Fsp3) is 0.600. The zero-order valence-electron chi connectivity index (χ0n) is 15.2. The highest BCUT2D eigenvalue weighted by molar-refractivity contribution is 5.51.